The minimum Gasteiger partial charge on any atom is -0.381 e. The Labute approximate surface area is 168 Å². The predicted octanol–water partition coefficient (Wildman–Crippen LogP) is 3.60. The summed E-state index contributed by atoms with van der Waals surface area (Å²) < 4.78 is 5.65. The van der Waals surface area contributed by atoms with Crippen LogP contribution in [0, 0.1) is 0 Å². The number of likely N-dealkylation sites (tertiary alicyclic amines) is 1. The zero-order chi connectivity index (χ0) is 19.1. The van der Waals surface area contributed by atoms with Crippen molar-refractivity contribution in [3.8, 4) is 0 Å². The van der Waals surface area contributed by atoms with Gasteiger partial charge in [0.25, 0.3) is 0 Å². The van der Waals surface area contributed by atoms with E-state index in [1.165, 1.54) is 31.5 Å². The molecule has 1 aromatic carbocycles. The molecule has 2 aliphatic rings. The summed E-state index contributed by atoms with van der Waals surface area (Å²) in [6, 6.07) is 8.16. The molecule has 2 aliphatic heterocycles. The normalized spacial score (nSPS) is 21.8. The van der Waals surface area contributed by atoms with Crippen LogP contribution in [0.5, 0.6) is 0 Å². The number of halogens is 1. The van der Waals surface area contributed by atoms with Crippen LogP contribution in [0.3, 0.4) is 0 Å². The van der Waals surface area contributed by atoms with Gasteiger partial charge in [0, 0.05) is 30.3 Å². The van der Waals surface area contributed by atoms with E-state index < -0.39 is 0 Å². The predicted molar refractivity (Wildman–Crippen MR) is 113 cm³/mol. The van der Waals surface area contributed by atoms with Crippen molar-refractivity contribution >= 4 is 17.6 Å². The Morgan fingerprint density at radius 2 is 1.89 bits per heavy atom. The maximum atomic E-state index is 6.01. The first-order chi connectivity index (χ1) is 13.1. The summed E-state index contributed by atoms with van der Waals surface area (Å²) in [6.07, 6.45) is 4.75. The van der Waals surface area contributed by atoms with Crippen molar-refractivity contribution in [2.24, 2.45) is 4.99 Å². The highest BCUT2D eigenvalue weighted by molar-refractivity contribution is 6.30. The summed E-state index contributed by atoms with van der Waals surface area (Å²) in [5.41, 5.74) is 1.35. The molecule has 0 saturated carbocycles. The van der Waals surface area contributed by atoms with E-state index in [0.717, 1.165) is 50.1 Å². The van der Waals surface area contributed by atoms with E-state index in [0.29, 0.717) is 0 Å². The number of ether oxygens (including phenoxy) is 1. The first-order valence-corrected chi connectivity index (χ1v) is 10.6. The lowest BCUT2D eigenvalue weighted by molar-refractivity contribution is -0.0139. The van der Waals surface area contributed by atoms with Crippen molar-refractivity contribution in [1.29, 1.82) is 0 Å². The lowest BCUT2D eigenvalue weighted by Gasteiger charge is -2.43. The van der Waals surface area contributed by atoms with Gasteiger partial charge in [-0.3, -0.25) is 9.89 Å². The molecule has 2 saturated heterocycles. The van der Waals surface area contributed by atoms with Gasteiger partial charge in [-0.15, -0.1) is 0 Å². The molecule has 0 amide bonds. The van der Waals surface area contributed by atoms with E-state index in [1.807, 2.05) is 12.1 Å². The quantitative estimate of drug-likeness (QED) is 0.573. The van der Waals surface area contributed by atoms with E-state index in [2.05, 4.69) is 41.5 Å². The van der Waals surface area contributed by atoms with Crippen LogP contribution in [0.15, 0.2) is 29.3 Å². The van der Waals surface area contributed by atoms with Gasteiger partial charge < -0.3 is 15.4 Å². The molecule has 27 heavy (non-hydrogen) atoms. The van der Waals surface area contributed by atoms with Crippen molar-refractivity contribution in [2.75, 3.05) is 39.4 Å². The molecule has 1 atom stereocenters. The van der Waals surface area contributed by atoms with Crippen molar-refractivity contribution in [1.82, 2.24) is 15.5 Å². The van der Waals surface area contributed by atoms with Crippen molar-refractivity contribution < 1.29 is 4.74 Å². The molecule has 0 bridgehead atoms. The Bertz CT molecular complexity index is 607. The van der Waals surface area contributed by atoms with Gasteiger partial charge in [-0.2, -0.15) is 0 Å². The Kier molecular flexibility index (Phi) is 7.39. The third kappa shape index (κ3) is 5.37. The van der Waals surface area contributed by atoms with E-state index >= 15 is 0 Å². The second-order valence-corrected chi connectivity index (χ2v) is 8.08. The van der Waals surface area contributed by atoms with Gasteiger partial charge in [-0.25, -0.2) is 0 Å². The van der Waals surface area contributed by atoms with Crippen LogP contribution in [-0.4, -0.2) is 55.8 Å². The molecule has 1 aromatic rings. The summed E-state index contributed by atoms with van der Waals surface area (Å²) >= 11 is 6.01. The van der Waals surface area contributed by atoms with Gasteiger partial charge in [0.05, 0.1) is 12.6 Å². The zero-order valence-electron chi connectivity index (χ0n) is 16.6. The second kappa shape index (κ2) is 9.76. The van der Waals surface area contributed by atoms with Gasteiger partial charge in [0.1, 0.15) is 0 Å². The number of nitrogens with zero attached hydrogens (tertiary/aromatic N) is 2. The van der Waals surface area contributed by atoms with E-state index in [-0.39, 0.29) is 11.6 Å². The third-order valence-corrected chi connectivity index (χ3v) is 6.05. The Morgan fingerprint density at radius 3 is 2.52 bits per heavy atom. The average Bonchev–Trinajstić information content (AvgIpc) is 3.23. The van der Waals surface area contributed by atoms with Gasteiger partial charge >= 0.3 is 0 Å². The molecule has 2 fully saturated rings. The van der Waals surface area contributed by atoms with Crippen LogP contribution in [0.1, 0.15) is 51.1 Å². The molecule has 5 nitrogen and oxygen atoms in total. The molecule has 0 aromatic heterocycles. The SMILES string of the molecule is CCNC(=NCC1(N2CCCC2)CCOCC1)NC(C)c1ccc(Cl)cc1. The zero-order valence-corrected chi connectivity index (χ0v) is 17.4. The fourth-order valence-electron chi connectivity index (χ4n) is 4.10. The van der Waals surface area contributed by atoms with Gasteiger partial charge in [0.2, 0.25) is 0 Å². The minimum atomic E-state index is 0.153. The summed E-state index contributed by atoms with van der Waals surface area (Å²) in [7, 11) is 0. The number of benzene rings is 1. The standard InChI is InChI=1S/C21H33ClN4O/c1-3-23-20(25-17(2)18-6-8-19(22)9-7-18)24-16-21(10-14-27-15-11-21)26-12-4-5-13-26/h6-9,17H,3-5,10-16H2,1-2H3,(H2,23,24,25). The molecule has 1 unspecified atom stereocenters. The van der Waals surface area contributed by atoms with E-state index in [4.69, 9.17) is 21.3 Å². The first-order valence-electron chi connectivity index (χ1n) is 10.3. The van der Waals surface area contributed by atoms with Crippen LogP contribution in [0.2, 0.25) is 5.02 Å². The summed E-state index contributed by atoms with van der Waals surface area (Å²) in [4.78, 5) is 7.67. The third-order valence-electron chi connectivity index (χ3n) is 5.80. The van der Waals surface area contributed by atoms with Crippen molar-refractivity contribution in [2.45, 2.75) is 51.1 Å². The number of hydrogen-bond acceptors (Lipinski definition) is 3. The summed E-state index contributed by atoms with van der Waals surface area (Å²) in [6.45, 7) is 10.0. The highest BCUT2D eigenvalue weighted by atomic mass is 35.5. The second-order valence-electron chi connectivity index (χ2n) is 7.64. The highest BCUT2D eigenvalue weighted by Crippen LogP contribution is 2.31. The molecule has 0 spiro atoms. The lowest BCUT2D eigenvalue weighted by atomic mass is 9.88. The Hall–Kier alpha value is -1.30. The molecular formula is C21H33ClN4O. The number of nitrogens with one attached hydrogen (secondary N) is 2. The van der Waals surface area contributed by atoms with Gasteiger partial charge in [0.15, 0.2) is 5.96 Å². The fourth-order valence-corrected chi connectivity index (χ4v) is 4.23. The molecule has 150 valence electrons. The number of guanidine groups is 1. The molecule has 2 heterocycles. The smallest absolute Gasteiger partial charge is 0.191 e. The van der Waals surface area contributed by atoms with Crippen LogP contribution >= 0.6 is 11.6 Å². The summed E-state index contributed by atoms with van der Waals surface area (Å²) in [5, 5.41) is 7.71. The molecule has 0 radical (unpaired) electrons. The molecule has 3 rings (SSSR count). The highest BCUT2D eigenvalue weighted by Gasteiger charge is 2.39. The number of aliphatic imine (C=N–C) groups is 1. The topological polar surface area (TPSA) is 48.9 Å². The minimum absolute atomic E-state index is 0.153. The molecular weight excluding hydrogens is 360 g/mol. The van der Waals surface area contributed by atoms with Crippen LogP contribution in [0.25, 0.3) is 0 Å². The largest absolute Gasteiger partial charge is 0.381 e. The summed E-state index contributed by atoms with van der Waals surface area (Å²) in [5.74, 6) is 0.880. The van der Waals surface area contributed by atoms with E-state index in [9.17, 15) is 0 Å². The molecule has 0 aliphatic carbocycles. The lowest BCUT2D eigenvalue weighted by Crippen LogP contribution is -2.54. The average molecular weight is 393 g/mol. The van der Waals surface area contributed by atoms with Crippen LogP contribution in [0.4, 0.5) is 0 Å². The Morgan fingerprint density at radius 1 is 1.22 bits per heavy atom. The monoisotopic (exact) mass is 392 g/mol. The maximum Gasteiger partial charge on any atom is 0.191 e. The van der Waals surface area contributed by atoms with Gasteiger partial charge in [-0.1, -0.05) is 23.7 Å². The van der Waals surface area contributed by atoms with Gasteiger partial charge in [-0.05, 0) is 70.3 Å². The first kappa shape index (κ1) is 20.4. The van der Waals surface area contributed by atoms with Crippen LogP contribution in [-0.2, 0) is 4.74 Å². The molecule has 2 N–H and O–H groups in total. The maximum absolute atomic E-state index is 6.01. The molecule has 6 heteroatoms. The van der Waals surface area contributed by atoms with Crippen molar-refractivity contribution in [3.63, 3.8) is 0 Å². The Balaban J connectivity index is 1.70. The van der Waals surface area contributed by atoms with Crippen molar-refractivity contribution in [3.05, 3.63) is 34.9 Å². The van der Waals surface area contributed by atoms with E-state index in [1.54, 1.807) is 0 Å². The number of rotatable bonds is 6. The number of hydrogen-bond donors (Lipinski definition) is 2. The van der Waals surface area contributed by atoms with Crippen LogP contribution < -0.4 is 10.6 Å². The fraction of sp³-hybridized carbons (Fsp3) is 0.667.